The van der Waals surface area contributed by atoms with E-state index in [1.807, 2.05) is 24.6 Å². The Morgan fingerprint density at radius 1 is 1.08 bits per heavy atom. The van der Waals surface area contributed by atoms with Gasteiger partial charge in [-0.2, -0.15) is 0 Å². The van der Waals surface area contributed by atoms with Gasteiger partial charge in [0.1, 0.15) is 0 Å². The summed E-state index contributed by atoms with van der Waals surface area (Å²) in [5, 5.41) is 11.0. The third-order valence-electron chi connectivity index (χ3n) is 5.01. The predicted octanol–water partition coefficient (Wildman–Crippen LogP) is 3.04. The highest BCUT2D eigenvalue weighted by Crippen LogP contribution is 2.29. The van der Waals surface area contributed by atoms with Crippen LogP contribution in [0, 0.1) is 0 Å². The first-order valence-corrected chi connectivity index (χ1v) is 9.19. The fourth-order valence-electron chi connectivity index (χ4n) is 3.48. The van der Waals surface area contributed by atoms with Gasteiger partial charge in [0, 0.05) is 51.2 Å². The molecule has 1 aliphatic rings. The smallest absolute Gasteiger partial charge is 0.226 e. The van der Waals surface area contributed by atoms with E-state index < -0.39 is 0 Å². The minimum atomic E-state index is 0.189. The highest BCUT2D eigenvalue weighted by molar-refractivity contribution is 5.84. The van der Waals surface area contributed by atoms with E-state index >= 15 is 0 Å². The van der Waals surface area contributed by atoms with E-state index in [2.05, 4.69) is 50.1 Å². The Morgan fingerprint density at radius 2 is 1.81 bits per heavy atom. The maximum atomic E-state index is 10.3. The van der Waals surface area contributed by atoms with Crippen LogP contribution < -0.4 is 4.90 Å². The zero-order valence-electron chi connectivity index (χ0n) is 15.3. The van der Waals surface area contributed by atoms with Crippen LogP contribution in [0.5, 0.6) is 5.88 Å². The van der Waals surface area contributed by atoms with Gasteiger partial charge in [-0.25, -0.2) is 9.97 Å². The van der Waals surface area contributed by atoms with Crippen molar-refractivity contribution in [2.45, 2.75) is 26.4 Å². The number of rotatable bonds is 4. The lowest BCUT2D eigenvalue weighted by molar-refractivity contribution is 0.249. The lowest BCUT2D eigenvalue weighted by Gasteiger charge is -2.34. The normalized spacial score (nSPS) is 15.9. The van der Waals surface area contributed by atoms with Crippen LogP contribution in [0.2, 0.25) is 0 Å². The van der Waals surface area contributed by atoms with Gasteiger partial charge in [-0.15, -0.1) is 0 Å². The number of aromatic nitrogens is 3. The molecule has 1 aliphatic heterocycles. The molecule has 136 valence electrons. The number of hydrogen-bond donors (Lipinski definition) is 1. The van der Waals surface area contributed by atoms with Gasteiger partial charge in [0.2, 0.25) is 11.8 Å². The van der Waals surface area contributed by atoms with Crippen LogP contribution in [-0.2, 0) is 6.54 Å². The Labute approximate surface area is 153 Å². The molecule has 3 heterocycles. The first kappa shape index (κ1) is 16.8. The molecule has 6 heteroatoms. The summed E-state index contributed by atoms with van der Waals surface area (Å²) >= 11 is 0. The third kappa shape index (κ3) is 3.24. The van der Waals surface area contributed by atoms with Gasteiger partial charge >= 0.3 is 0 Å². The van der Waals surface area contributed by atoms with Gasteiger partial charge in [-0.05, 0) is 19.4 Å². The number of fused-ring (bicyclic) bond motifs is 1. The minimum Gasteiger partial charge on any atom is -0.494 e. The second-order valence-electron chi connectivity index (χ2n) is 7.17. The Hall–Kier alpha value is -2.60. The molecule has 0 saturated carbocycles. The highest BCUT2D eigenvalue weighted by Gasteiger charge is 2.20. The topological polar surface area (TPSA) is 57.4 Å². The maximum Gasteiger partial charge on any atom is 0.226 e. The molecule has 4 rings (SSSR count). The van der Waals surface area contributed by atoms with Gasteiger partial charge < -0.3 is 14.6 Å². The van der Waals surface area contributed by atoms with Crippen LogP contribution in [0.3, 0.4) is 0 Å². The zero-order valence-corrected chi connectivity index (χ0v) is 15.3. The molecular formula is C20H25N5O. The van der Waals surface area contributed by atoms with Gasteiger partial charge in [0.05, 0.1) is 10.9 Å². The van der Waals surface area contributed by atoms with Crippen LogP contribution in [0.4, 0.5) is 5.95 Å². The van der Waals surface area contributed by atoms with Crippen LogP contribution in [-0.4, -0.2) is 50.7 Å². The summed E-state index contributed by atoms with van der Waals surface area (Å²) in [6.07, 6.45) is 3.65. The van der Waals surface area contributed by atoms with Crippen molar-refractivity contribution in [1.29, 1.82) is 0 Å². The Bertz CT molecular complexity index is 882. The standard InChI is InChI=1S/C20H25N5O/c1-15(2)25-14-18-17(19(25)26)12-21-20(22-18)24-10-8-23(9-11-24)13-16-6-4-3-5-7-16/h3-7,12,14-15,26H,8-11,13H2,1-2H3. The van der Waals surface area contributed by atoms with Crippen molar-refractivity contribution in [2.24, 2.45) is 0 Å². The van der Waals surface area contributed by atoms with Crippen molar-refractivity contribution >= 4 is 16.9 Å². The van der Waals surface area contributed by atoms with Crippen molar-refractivity contribution in [1.82, 2.24) is 19.4 Å². The van der Waals surface area contributed by atoms with Gasteiger partial charge in [0.15, 0.2) is 0 Å². The average molecular weight is 351 g/mol. The molecule has 6 nitrogen and oxygen atoms in total. The number of nitrogens with zero attached hydrogens (tertiary/aromatic N) is 5. The number of benzene rings is 1. The van der Waals surface area contributed by atoms with Gasteiger partial charge in [-0.3, -0.25) is 4.90 Å². The number of piperazine rings is 1. The molecule has 0 amide bonds. The largest absolute Gasteiger partial charge is 0.494 e. The van der Waals surface area contributed by atoms with E-state index in [4.69, 9.17) is 0 Å². The molecule has 3 aromatic rings. The molecule has 2 aromatic heterocycles. The molecule has 1 fully saturated rings. The fraction of sp³-hybridized carbons (Fsp3) is 0.400. The van der Waals surface area contributed by atoms with Crippen molar-refractivity contribution in [3.63, 3.8) is 0 Å². The molecule has 1 aromatic carbocycles. The molecular weight excluding hydrogens is 326 g/mol. The summed E-state index contributed by atoms with van der Waals surface area (Å²) in [6.45, 7) is 8.88. The van der Waals surface area contributed by atoms with Crippen molar-refractivity contribution in [3.05, 3.63) is 48.3 Å². The molecule has 0 aliphatic carbocycles. The predicted molar refractivity (Wildman–Crippen MR) is 104 cm³/mol. The Morgan fingerprint density at radius 3 is 2.50 bits per heavy atom. The molecule has 1 saturated heterocycles. The van der Waals surface area contributed by atoms with E-state index in [0.717, 1.165) is 44.2 Å². The van der Waals surface area contributed by atoms with Crippen LogP contribution >= 0.6 is 0 Å². The Kier molecular flexibility index (Phi) is 4.51. The van der Waals surface area contributed by atoms with E-state index in [1.165, 1.54) is 5.56 Å². The summed E-state index contributed by atoms with van der Waals surface area (Å²) in [6, 6.07) is 10.8. The molecule has 1 N–H and O–H groups in total. The average Bonchev–Trinajstić information content (AvgIpc) is 3.00. The monoisotopic (exact) mass is 351 g/mol. The van der Waals surface area contributed by atoms with E-state index in [0.29, 0.717) is 5.39 Å². The molecule has 26 heavy (non-hydrogen) atoms. The number of aromatic hydroxyl groups is 1. The first-order valence-electron chi connectivity index (χ1n) is 9.19. The summed E-state index contributed by atoms with van der Waals surface area (Å²) in [4.78, 5) is 13.9. The minimum absolute atomic E-state index is 0.189. The van der Waals surface area contributed by atoms with Crippen LogP contribution in [0.25, 0.3) is 10.9 Å². The summed E-state index contributed by atoms with van der Waals surface area (Å²) < 4.78 is 1.83. The zero-order chi connectivity index (χ0) is 18.1. The lowest BCUT2D eigenvalue weighted by Crippen LogP contribution is -2.46. The second kappa shape index (κ2) is 6.96. The van der Waals surface area contributed by atoms with Gasteiger partial charge in [-0.1, -0.05) is 30.3 Å². The molecule has 0 bridgehead atoms. The molecule has 0 atom stereocenters. The molecule has 0 radical (unpaired) electrons. The molecule has 0 unspecified atom stereocenters. The van der Waals surface area contributed by atoms with E-state index in [1.54, 1.807) is 6.20 Å². The third-order valence-corrected chi connectivity index (χ3v) is 5.01. The Balaban J connectivity index is 1.45. The second-order valence-corrected chi connectivity index (χ2v) is 7.17. The summed E-state index contributed by atoms with van der Waals surface area (Å²) in [5.41, 5.74) is 2.15. The lowest BCUT2D eigenvalue weighted by atomic mass is 10.2. The van der Waals surface area contributed by atoms with Crippen molar-refractivity contribution in [3.8, 4) is 5.88 Å². The van der Waals surface area contributed by atoms with Crippen molar-refractivity contribution in [2.75, 3.05) is 31.1 Å². The SMILES string of the molecule is CC(C)n1cc2nc(N3CCN(Cc4ccccc4)CC3)ncc2c1O. The molecule has 0 spiro atoms. The highest BCUT2D eigenvalue weighted by atomic mass is 16.3. The first-order chi connectivity index (χ1) is 12.6. The quantitative estimate of drug-likeness (QED) is 0.783. The van der Waals surface area contributed by atoms with Crippen LogP contribution in [0.1, 0.15) is 25.5 Å². The summed E-state index contributed by atoms with van der Waals surface area (Å²) in [5.74, 6) is 0.993. The van der Waals surface area contributed by atoms with E-state index in [-0.39, 0.29) is 11.9 Å². The summed E-state index contributed by atoms with van der Waals surface area (Å²) in [7, 11) is 0. The van der Waals surface area contributed by atoms with Gasteiger partial charge in [0.25, 0.3) is 0 Å². The van der Waals surface area contributed by atoms with Crippen LogP contribution in [0.15, 0.2) is 42.7 Å². The fourth-order valence-corrected chi connectivity index (χ4v) is 3.48. The number of hydrogen-bond acceptors (Lipinski definition) is 5. The number of anilines is 1. The van der Waals surface area contributed by atoms with Crippen molar-refractivity contribution < 1.29 is 5.11 Å². The maximum absolute atomic E-state index is 10.3. The van der Waals surface area contributed by atoms with E-state index in [9.17, 15) is 5.11 Å².